The van der Waals surface area contributed by atoms with Gasteiger partial charge in [0.15, 0.2) is 11.5 Å². The third-order valence-electron chi connectivity index (χ3n) is 5.25. The summed E-state index contributed by atoms with van der Waals surface area (Å²) in [4.78, 5) is 26.9. The van der Waals surface area contributed by atoms with E-state index in [0.29, 0.717) is 50.2 Å². The summed E-state index contributed by atoms with van der Waals surface area (Å²) < 4.78 is 30.5. The molecule has 2 aliphatic heterocycles. The number of fused-ring (bicyclic) bond motifs is 1. The summed E-state index contributed by atoms with van der Waals surface area (Å²) >= 11 is 0. The molecule has 0 aliphatic carbocycles. The van der Waals surface area contributed by atoms with Crippen LogP contribution >= 0.6 is 0 Å². The minimum atomic E-state index is -0.561. The molecule has 0 radical (unpaired) electrons. The molecule has 2 amide bonds. The Bertz CT molecular complexity index is 978. The van der Waals surface area contributed by atoms with Crippen molar-refractivity contribution in [3.63, 3.8) is 0 Å². The van der Waals surface area contributed by atoms with Crippen LogP contribution in [0.1, 0.15) is 12.0 Å². The van der Waals surface area contributed by atoms with Gasteiger partial charge in [0.2, 0.25) is 11.8 Å². The zero-order valence-electron chi connectivity index (χ0n) is 17.7. The van der Waals surface area contributed by atoms with Gasteiger partial charge in [0.25, 0.3) is 0 Å². The Labute approximate surface area is 185 Å². The van der Waals surface area contributed by atoms with E-state index in [1.165, 1.54) is 18.2 Å². The number of nitrogens with zero attached hydrogens (tertiary/aromatic N) is 1. The van der Waals surface area contributed by atoms with Crippen LogP contribution in [0.5, 0.6) is 11.5 Å². The first kappa shape index (κ1) is 22.0. The number of nitrogens with one attached hydrogen (secondary N) is 2. The first-order chi connectivity index (χ1) is 15.6. The molecule has 0 unspecified atom stereocenters. The summed E-state index contributed by atoms with van der Waals surface area (Å²) in [6.45, 7) is 4.44. The summed E-state index contributed by atoms with van der Waals surface area (Å²) in [5.74, 6) is 0.168. The molecule has 2 heterocycles. The van der Waals surface area contributed by atoms with Gasteiger partial charge in [-0.05, 0) is 35.9 Å². The molecule has 1 fully saturated rings. The molecule has 0 bridgehead atoms. The topological polar surface area (TPSA) is 89.1 Å². The second-order valence-electron chi connectivity index (χ2n) is 7.65. The van der Waals surface area contributed by atoms with Crippen LogP contribution in [0.25, 0.3) is 0 Å². The predicted molar refractivity (Wildman–Crippen MR) is 117 cm³/mol. The average Bonchev–Trinajstić information content (AvgIpc) is 2.80. The molecule has 4 rings (SSSR count). The highest BCUT2D eigenvalue weighted by Gasteiger charge is 2.15. The number of benzene rings is 2. The smallest absolute Gasteiger partial charge is 0.228 e. The van der Waals surface area contributed by atoms with Gasteiger partial charge in [0.1, 0.15) is 19.0 Å². The molecule has 170 valence electrons. The SMILES string of the molecule is O=C(Cc1ccc2c(c1)OCCO2)Nc1ccc(F)c(NC(=O)CCN2CCOCC2)c1. The second-order valence-corrected chi connectivity index (χ2v) is 7.65. The lowest BCUT2D eigenvalue weighted by Gasteiger charge is -2.26. The number of hydrogen-bond acceptors (Lipinski definition) is 6. The van der Waals surface area contributed by atoms with Gasteiger partial charge in [-0.25, -0.2) is 4.39 Å². The number of morpholine rings is 1. The van der Waals surface area contributed by atoms with Crippen LogP contribution in [0, 0.1) is 5.82 Å². The highest BCUT2D eigenvalue weighted by Crippen LogP contribution is 2.31. The number of ether oxygens (including phenoxy) is 3. The Morgan fingerprint density at radius 2 is 1.69 bits per heavy atom. The minimum Gasteiger partial charge on any atom is -0.486 e. The third kappa shape index (κ3) is 5.95. The monoisotopic (exact) mass is 443 g/mol. The Hall–Kier alpha value is -3.17. The number of rotatable bonds is 7. The molecule has 2 aromatic carbocycles. The maximum atomic E-state index is 14.2. The zero-order valence-corrected chi connectivity index (χ0v) is 17.7. The quantitative estimate of drug-likeness (QED) is 0.684. The van der Waals surface area contributed by atoms with Crippen LogP contribution in [-0.2, 0) is 20.7 Å². The van der Waals surface area contributed by atoms with Crippen molar-refractivity contribution < 1.29 is 28.2 Å². The van der Waals surface area contributed by atoms with Crippen molar-refractivity contribution in [2.45, 2.75) is 12.8 Å². The first-order valence-electron chi connectivity index (χ1n) is 10.6. The maximum Gasteiger partial charge on any atom is 0.228 e. The van der Waals surface area contributed by atoms with E-state index in [2.05, 4.69) is 15.5 Å². The number of carbonyl (C=O) groups is 2. The Morgan fingerprint density at radius 1 is 0.906 bits per heavy atom. The maximum absolute atomic E-state index is 14.2. The summed E-state index contributed by atoms with van der Waals surface area (Å²) in [6.07, 6.45) is 0.370. The van der Waals surface area contributed by atoms with E-state index in [1.54, 1.807) is 18.2 Å². The standard InChI is InChI=1S/C23H26FN3O5/c24-18-3-2-17(15-19(18)26-22(28)5-6-27-7-9-30-10-8-27)25-23(29)14-16-1-4-20-21(13-16)32-12-11-31-20/h1-4,13,15H,5-12,14H2,(H,25,29)(H,26,28). The van der Waals surface area contributed by atoms with E-state index in [-0.39, 0.29) is 30.3 Å². The van der Waals surface area contributed by atoms with Gasteiger partial charge in [-0.3, -0.25) is 14.5 Å². The van der Waals surface area contributed by atoms with E-state index >= 15 is 0 Å². The van der Waals surface area contributed by atoms with Crippen molar-refractivity contribution in [3.05, 3.63) is 47.8 Å². The lowest BCUT2D eigenvalue weighted by molar-refractivity contribution is -0.117. The van der Waals surface area contributed by atoms with E-state index in [1.807, 2.05) is 0 Å². The fourth-order valence-electron chi connectivity index (χ4n) is 3.58. The Morgan fingerprint density at radius 3 is 2.50 bits per heavy atom. The average molecular weight is 443 g/mol. The van der Waals surface area contributed by atoms with Crippen LogP contribution in [0.4, 0.5) is 15.8 Å². The normalized spacial score (nSPS) is 15.8. The summed E-state index contributed by atoms with van der Waals surface area (Å²) in [5, 5.41) is 5.34. The molecule has 0 saturated carbocycles. The second kappa shape index (κ2) is 10.4. The minimum absolute atomic E-state index is 0.0362. The number of hydrogen-bond donors (Lipinski definition) is 2. The van der Waals surface area contributed by atoms with Crippen LogP contribution in [-0.4, -0.2) is 62.8 Å². The molecule has 8 nitrogen and oxygen atoms in total. The molecule has 0 atom stereocenters. The molecule has 2 N–H and O–H groups in total. The van der Waals surface area contributed by atoms with E-state index < -0.39 is 5.82 Å². The number of halogens is 1. The van der Waals surface area contributed by atoms with Crippen molar-refractivity contribution in [1.29, 1.82) is 0 Å². The molecular weight excluding hydrogens is 417 g/mol. The molecule has 0 aromatic heterocycles. The molecule has 1 saturated heterocycles. The predicted octanol–water partition coefficient (Wildman–Crippen LogP) is 2.44. The Balaban J connectivity index is 1.31. The van der Waals surface area contributed by atoms with Gasteiger partial charge in [0, 0.05) is 31.7 Å². The largest absolute Gasteiger partial charge is 0.486 e. The van der Waals surface area contributed by atoms with Gasteiger partial charge < -0.3 is 24.8 Å². The molecule has 0 spiro atoms. The van der Waals surface area contributed by atoms with Gasteiger partial charge in [-0.15, -0.1) is 0 Å². The first-order valence-corrected chi connectivity index (χ1v) is 10.6. The zero-order chi connectivity index (χ0) is 22.3. The molecule has 2 aliphatic rings. The van der Waals surface area contributed by atoms with E-state index in [0.717, 1.165) is 18.7 Å². The van der Waals surface area contributed by atoms with Crippen LogP contribution in [0.15, 0.2) is 36.4 Å². The molecule has 2 aromatic rings. The summed E-state index contributed by atoms with van der Waals surface area (Å²) in [6, 6.07) is 9.46. The number of anilines is 2. The fourth-order valence-corrected chi connectivity index (χ4v) is 3.58. The van der Waals surface area contributed by atoms with Crippen molar-refractivity contribution in [3.8, 4) is 11.5 Å². The Kier molecular flexibility index (Phi) is 7.18. The van der Waals surface area contributed by atoms with Gasteiger partial charge in [0.05, 0.1) is 25.3 Å². The van der Waals surface area contributed by atoms with E-state index in [9.17, 15) is 14.0 Å². The lowest BCUT2D eigenvalue weighted by Crippen LogP contribution is -2.38. The van der Waals surface area contributed by atoms with Crippen molar-refractivity contribution in [2.75, 3.05) is 56.7 Å². The van der Waals surface area contributed by atoms with Gasteiger partial charge in [-0.2, -0.15) is 0 Å². The van der Waals surface area contributed by atoms with Crippen molar-refractivity contribution in [1.82, 2.24) is 4.90 Å². The van der Waals surface area contributed by atoms with Crippen molar-refractivity contribution in [2.24, 2.45) is 0 Å². The van der Waals surface area contributed by atoms with Crippen LogP contribution in [0.2, 0.25) is 0 Å². The van der Waals surface area contributed by atoms with Gasteiger partial charge >= 0.3 is 0 Å². The van der Waals surface area contributed by atoms with Crippen LogP contribution in [0.3, 0.4) is 0 Å². The third-order valence-corrected chi connectivity index (χ3v) is 5.25. The number of amides is 2. The lowest BCUT2D eigenvalue weighted by atomic mass is 10.1. The van der Waals surface area contributed by atoms with Gasteiger partial charge in [-0.1, -0.05) is 6.07 Å². The molecular formula is C23H26FN3O5. The highest BCUT2D eigenvalue weighted by atomic mass is 19.1. The van der Waals surface area contributed by atoms with Crippen LogP contribution < -0.4 is 20.1 Å². The number of carbonyl (C=O) groups excluding carboxylic acids is 2. The highest BCUT2D eigenvalue weighted by molar-refractivity contribution is 5.95. The summed E-state index contributed by atoms with van der Waals surface area (Å²) in [5.41, 5.74) is 1.21. The van der Waals surface area contributed by atoms with E-state index in [4.69, 9.17) is 14.2 Å². The molecule has 9 heteroatoms. The van der Waals surface area contributed by atoms with Crippen molar-refractivity contribution >= 4 is 23.2 Å². The summed E-state index contributed by atoms with van der Waals surface area (Å²) in [7, 11) is 0. The molecule has 32 heavy (non-hydrogen) atoms. The fraction of sp³-hybridized carbons (Fsp3) is 0.391.